The Morgan fingerprint density at radius 2 is 1.90 bits per heavy atom. The molecule has 4 aromatic rings. The minimum Gasteiger partial charge on any atom is -0.507 e. The van der Waals surface area contributed by atoms with Crippen LogP contribution >= 0.6 is 11.3 Å². The molecule has 41 heavy (non-hydrogen) atoms. The van der Waals surface area contributed by atoms with E-state index >= 15 is 0 Å². The Morgan fingerprint density at radius 3 is 2.71 bits per heavy atom. The van der Waals surface area contributed by atoms with Gasteiger partial charge in [-0.05, 0) is 79.9 Å². The van der Waals surface area contributed by atoms with Crippen LogP contribution in [0, 0.1) is 0 Å². The number of fused-ring (bicyclic) bond motifs is 2. The highest BCUT2D eigenvalue weighted by Crippen LogP contribution is 2.45. The molecule has 0 bridgehead atoms. The molecule has 1 saturated heterocycles. The Bertz CT molecular complexity index is 1690. The summed E-state index contributed by atoms with van der Waals surface area (Å²) < 4.78 is 18.1. The fourth-order valence-electron chi connectivity index (χ4n) is 5.32. The van der Waals surface area contributed by atoms with Gasteiger partial charge in [0.05, 0.1) is 35.0 Å². The number of rotatable bonds is 8. The number of aliphatic hydroxyl groups excluding tert-OH is 1. The van der Waals surface area contributed by atoms with Gasteiger partial charge >= 0.3 is 5.91 Å². The molecular formula is C32H30N2O6S. The molecule has 0 radical (unpaired) electrons. The number of thiazole rings is 1. The second kappa shape index (κ2) is 10.9. The van der Waals surface area contributed by atoms with Crippen LogP contribution in [0.15, 0.2) is 66.2 Å². The maximum Gasteiger partial charge on any atom is 0.301 e. The number of hydrogen-bond acceptors (Lipinski definition) is 8. The second-order valence-electron chi connectivity index (χ2n) is 10.1. The molecule has 1 fully saturated rings. The second-order valence-corrected chi connectivity index (χ2v) is 11.1. The van der Waals surface area contributed by atoms with Gasteiger partial charge in [-0.25, -0.2) is 4.98 Å². The van der Waals surface area contributed by atoms with Gasteiger partial charge in [0.1, 0.15) is 29.1 Å². The third-order valence-electron chi connectivity index (χ3n) is 7.13. The lowest BCUT2D eigenvalue weighted by atomic mass is 9.94. The number of benzene rings is 3. The number of hydrogen-bond donors (Lipinski definition) is 1. The van der Waals surface area contributed by atoms with E-state index in [1.807, 2.05) is 69.3 Å². The first-order valence-electron chi connectivity index (χ1n) is 13.7. The lowest BCUT2D eigenvalue weighted by Crippen LogP contribution is -2.29. The quantitative estimate of drug-likeness (QED) is 0.148. The van der Waals surface area contributed by atoms with Crippen LogP contribution < -0.4 is 19.1 Å². The van der Waals surface area contributed by atoms with Crippen LogP contribution in [0.2, 0.25) is 0 Å². The number of ketones is 1. The van der Waals surface area contributed by atoms with Crippen LogP contribution in [0.25, 0.3) is 16.0 Å². The molecule has 1 N–H and O–H groups in total. The van der Waals surface area contributed by atoms with E-state index in [0.717, 1.165) is 22.4 Å². The molecular weight excluding hydrogens is 540 g/mol. The molecule has 210 valence electrons. The number of Topliss-reactive ketones (excluding diaryl/α,β-unsaturated/α-hetero) is 1. The number of carbonyl (C=O) groups is 2. The van der Waals surface area contributed by atoms with Gasteiger partial charge in [0, 0.05) is 12.0 Å². The van der Waals surface area contributed by atoms with E-state index < -0.39 is 17.7 Å². The van der Waals surface area contributed by atoms with Crippen molar-refractivity contribution in [1.82, 2.24) is 4.98 Å². The van der Waals surface area contributed by atoms with Crippen molar-refractivity contribution in [1.29, 1.82) is 0 Å². The van der Waals surface area contributed by atoms with Crippen molar-refractivity contribution in [2.75, 3.05) is 18.1 Å². The third-order valence-corrected chi connectivity index (χ3v) is 8.14. The van der Waals surface area contributed by atoms with Crippen molar-refractivity contribution in [3.8, 4) is 17.2 Å². The zero-order chi connectivity index (χ0) is 28.7. The first-order chi connectivity index (χ1) is 19.9. The molecule has 1 aromatic heterocycles. The zero-order valence-electron chi connectivity index (χ0n) is 23.0. The van der Waals surface area contributed by atoms with Crippen LogP contribution in [0.4, 0.5) is 5.13 Å². The van der Waals surface area contributed by atoms with Crippen LogP contribution in [0.1, 0.15) is 49.9 Å². The Balaban J connectivity index is 1.50. The Kier molecular flexibility index (Phi) is 7.13. The Hall–Kier alpha value is -4.37. The summed E-state index contributed by atoms with van der Waals surface area (Å²) in [4.78, 5) is 33.5. The minimum absolute atomic E-state index is 0.00353. The van der Waals surface area contributed by atoms with Crippen molar-refractivity contribution >= 4 is 44.1 Å². The number of amides is 1. The molecule has 8 nitrogen and oxygen atoms in total. The summed E-state index contributed by atoms with van der Waals surface area (Å²) in [5, 5.41) is 12.0. The first-order valence-corrected chi connectivity index (χ1v) is 14.6. The summed E-state index contributed by atoms with van der Waals surface area (Å²) in [6.07, 6.45) is 1.56. The van der Waals surface area contributed by atoms with Gasteiger partial charge in [0.2, 0.25) is 0 Å². The Morgan fingerprint density at radius 1 is 1.07 bits per heavy atom. The molecule has 1 amide bonds. The number of anilines is 1. The summed E-state index contributed by atoms with van der Waals surface area (Å²) in [6.45, 7) is 6.96. The molecule has 2 atom stereocenters. The van der Waals surface area contributed by atoms with Crippen molar-refractivity contribution in [3.63, 3.8) is 0 Å². The maximum atomic E-state index is 13.7. The van der Waals surface area contributed by atoms with E-state index in [-0.39, 0.29) is 17.4 Å². The molecule has 2 aliphatic rings. The van der Waals surface area contributed by atoms with Crippen molar-refractivity contribution in [2.24, 2.45) is 0 Å². The van der Waals surface area contributed by atoms with Gasteiger partial charge in [-0.3, -0.25) is 14.5 Å². The minimum atomic E-state index is -0.907. The standard InChI is InChI=1S/C32H30N2O6S/c1-4-13-39-22-8-6-7-19(16-22)28-27(29(35)20-9-12-25-21(15-20)14-18(3)40-25)30(36)31(37)34(28)32-33-24-11-10-23(38-5-2)17-26(24)41-32/h6-12,15-18,28,35H,4-5,13-14H2,1-3H3/t18-,28-/m1/s1. The van der Waals surface area contributed by atoms with E-state index in [4.69, 9.17) is 19.2 Å². The lowest BCUT2D eigenvalue weighted by Gasteiger charge is -2.23. The molecule has 3 aromatic carbocycles. The highest BCUT2D eigenvalue weighted by Gasteiger charge is 2.48. The van der Waals surface area contributed by atoms with Crippen LogP contribution in [0.3, 0.4) is 0 Å². The molecule has 9 heteroatoms. The smallest absolute Gasteiger partial charge is 0.301 e. The van der Waals surface area contributed by atoms with E-state index in [1.165, 1.54) is 16.2 Å². The van der Waals surface area contributed by atoms with Gasteiger partial charge in [0.25, 0.3) is 5.78 Å². The molecule has 6 rings (SSSR count). The maximum absolute atomic E-state index is 13.7. The number of nitrogens with zero attached hydrogens (tertiary/aromatic N) is 2. The number of aliphatic hydroxyl groups is 1. The third kappa shape index (κ3) is 4.91. The van der Waals surface area contributed by atoms with Crippen molar-refractivity contribution in [2.45, 2.75) is 45.8 Å². The topological polar surface area (TPSA) is 98.2 Å². The number of carbonyl (C=O) groups excluding carboxylic acids is 2. The number of aromatic nitrogens is 1. The van der Waals surface area contributed by atoms with Crippen molar-refractivity contribution in [3.05, 3.63) is 82.9 Å². The van der Waals surface area contributed by atoms with E-state index in [0.29, 0.717) is 52.9 Å². The van der Waals surface area contributed by atoms with Crippen LogP contribution in [0.5, 0.6) is 17.2 Å². The summed E-state index contributed by atoms with van der Waals surface area (Å²) in [5.41, 5.74) is 2.71. The van der Waals surface area contributed by atoms with Crippen LogP contribution in [-0.2, 0) is 16.0 Å². The monoisotopic (exact) mass is 570 g/mol. The molecule has 2 aliphatic heterocycles. The fraction of sp³-hybridized carbons (Fsp3) is 0.281. The largest absolute Gasteiger partial charge is 0.507 e. The van der Waals surface area contributed by atoms with Gasteiger partial charge in [0.15, 0.2) is 5.13 Å². The molecule has 3 heterocycles. The molecule has 0 aliphatic carbocycles. The Labute approximate surface area is 241 Å². The summed E-state index contributed by atoms with van der Waals surface area (Å²) >= 11 is 1.29. The highest BCUT2D eigenvalue weighted by atomic mass is 32.1. The van der Waals surface area contributed by atoms with Gasteiger partial charge in [-0.1, -0.05) is 30.4 Å². The van der Waals surface area contributed by atoms with E-state index in [2.05, 4.69) is 0 Å². The fourth-order valence-corrected chi connectivity index (χ4v) is 6.34. The van der Waals surface area contributed by atoms with E-state index in [9.17, 15) is 14.7 Å². The van der Waals surface area contributed by atoms with Crippen molar-refractivity contribution < 1.29 is 28.9 Å². The van der Waals surface area contributed by atoms with Crippen LogP contribution in [-0.4, -0.2) is 41.1 Å². The average Bonchev–Trinajstić information content (AvgIpc) is 3.63. The summed E-state index contributed by atoms with van der Waals surface area (Å²) in [7, 11) is 0. The molecule has 0 saturated carbocycles. The average molecular weight is 571 g/mol. The summed E-state index contributed by atoms with van der Waals surface area (Å²) in [5.74, 6) is 0.310. The van der Waals surface area contributed by atoms with Gasteiger partial charge < -0.3 is 19.3 Å². The normalized spacial score (nSPS) is 19.4. The lowest BCUT2D eigenvalue weighted by molar-refractivity contribution is -0.132. The summed E-state index contributed by atoms with van der Waals surface area (Å²) in [6, 6.07) is 17.3. The SMILES string of the molecule is CCCOc1cccc([C@@H]2C(=C(O)c3ccc4c(c3)C[C@@H](C)O4)C(=O)C(=O)N2c2nc3ccc(OCC)cc3s2)c1. The first kappa shape index (κ1) is 26.8. The predicted octanol–water partition coefficient (Wildman–Crippen LogP) is 6.43. The molecule has 0 spiro atoms. The van der Waals surface area contributed by atoms with Gasteiger partial charge in [-0.15, -0.1) is 0 Å². The molecule has 0 unspecified atom stereocenters. The van der Waals surface area contributed by atoms with Gasteiger partial charge in [-0.2, -0.15) is 0 Å². The highest BCUT2D eigenvalue weighted by molar-refractivity contribution is 7.22. The van der Waals surface area contributed by atoms with E-state index in [1.54, 1.807) is 12.1 Å². The zero-order valence-corrected chi connectivity index (χ0v) is 23.9. The predicted molar refractivity (Wildman–Crippen MR) is 158 cm³/mol. The number of ether oxygens (including phenoxy) is 3.